The molecule has 0 saturated carbocycles. The molecule has 3 nitrogen and oxygen atoms in total. The summed E-state index contributed by atoms with van der Waals surface area (Å²) in [6.45, 7) is 0. The fourth-order valence-corrected chi connectivity index (χ4v) is 4.80. The van der Waals surface area contributed by atoms with Gasteiger partial charge in [0.15, 0.2) is 0 Å². The summed E-state index contributed by atoms with van der Waals surface area (Å²) in [6.07, 6.45) is 2.27. The van der Waals surface area contributed by atoms with Gasteiger partial charge in [0, 0.05) is 46.5 Å². The average Bonchev–Trinajstić information content (AvgIpc) is 3.20. The molecule has 1 aliphatic heterocycles. The zero-order valence-corrected chi connectivity index (χ0v) is 17.9. The van der Waals surface area contributed by atoms with Gasteiger partial charge < -0.3 is 9.47 Å². The number of aliphatic imine (C=N–C) groups is 1. The first-order valence-corrected chi connectivity index (χ1v) is 10.9. The summed E-state index contributed by atoms with van der Waals surface area (Å²) in [5.41, 5.74) is 6.99. The molecule has 32 heavy (non-hydrogen) atoms. The van der Waals surface area contributed by atoms with Gasteiger partial charge in [-0.1, -0.05) is 84.9 Å². The molecule has 6 rings (SSSR count). The van der Waals surface area contributed by atoms with Gasteiger partial charge >= 0.3 is 0 Å². The molecule has 0 amide bonds. The summed E-state index contributed by atoms with van der Waals surface area (Å²) in [5, 5.41) is 1.27. The molecule has 1 aromatic heterocycles. The van der Waals surface area contributed by atoms with E-state index in [1.165, 1.54) is 22.0 Å². The molecule has 0 saturated heterocycles. The van der Waals surface area contributed by atoms with Crippen molar-refractivity contribution < 1.29 is 0 Å². The number of anilines is 1. The molecule has 5 aromatic rings. The number of amidine groups is 1. The SMILES string of the molecule is Cn1cc(C2c3ccccc3N=C(c3ccccc3)N2c2ccccc2)c2ccccc21. The molecule has 154 valence electrons. The summed E-state index contributed by atoms with van der Waals surface area (Å²) in [4.78, 5) is 7.56. The number of hydrogen-bond donors (Lipinski definition) is 0. The number of benzene rings is 4. The zero-order valence-electron chi connectivity index (χ0n) is 17.9. The van der Waals surface area contributed by atoms with Gasteiger partial charge in [0.25, 0.3) is 0 Å². The molecular weight excluding hydrogens is 390 g/mol. The Kier molecular flexibility index (Phi) is 4.39. The first kappa shape index (κ1) is 18.6. The third kappa shape index (κ3) is 2.94. The van der Waals surface area contributed by atoms with Crippen molar-refractivity contribution in [1.29, 1.82) is 0 Å². The third-order valence-corrected chi connectivity index (χ3v) is 6.23. The maximum absolute atomic E-state index is 5.17. The summed E-state index contributed by atoms with van der Waals surface area (Å²) in [5.74, 6) is 0.966. The van der Waals surface area contributed by atoms with Gasteiger partial charge in [-0.15, -0.1) is 0 Å². The van der Waals surface area contributed by atoms with Crippen LogP contribution < -0.4 is 4.90 Å². The van der Waals surface area contributed by atoms with Crippen molar-refractivity contribution in [1.82, 2.24) is 4.57 Å². The van der Waals surface area contributed by atoms with E-state index in [-0.39, 0.29) is 6.04 Å². The van der Waals surface area contributed by atoms with Crippen molar-refractivity contribution in [3.63, 3.8) is 0 Å². The van der Waals surface area contributed by atoms with Crippen molar-refractivity contribution in [2.45, 2.75) is 6.04 Å². The quantitative estimate of drug-likeness (QED) is 0.316. The van der Waals surface area contributed by atoms with E-state index in [4.69, 9.17) is 4.99 Å². The lowest BCUT2D eigenvalue weighted by molar-refractivity contribution is 0.821. The Balaban J connectivity index is 1.68. The molecule has 2 heterocycles. The highest BCUT2D eigenvalue weighted by Crippen LogP contribution is 2.44. The first-order chi connectivity index (χ1) is 15.8. The summed E-state index contributed by atoms with van der Waals surface area (Å²) in [6, 6.07) is 38.3. The van der Waals surface area contributed by atoms with Crippen molar-refractivity contribution >= 4 is 28.1 Å². The molecule has 0 radical (unpaired) electrons. The van der Waals surface area contributed by atoms with Gasteiger partial charge in [-0.25, -0.2) is 4.99 Å². The lowest BCUT2D eigenvalue weighted by Gasteiger charge is -2.38. The van der Waals surface area contributed by atoms with Gasteiger partial charge in [-0.05, 0) is 24.3 Å². The highest BCUT2D eigenvalue weighted by atomic mass is 15.2. The predicted octanol–water partition coefficient (Wildman–Crippen LogP) is 6.87. The van der Waals surface area contributed by atoms with Gasteiger partial charge in [0.2, 0.25) is 0 Å². The Morgan fingerprint density at radius 2 is 1.31 bits per heavy atom. The molecule has 0 bridgehead atoms. The van der Waals surface area contributed by atoms with Crippen LogP contribution in [0.2, 0.25) is 0 Å². The van der Waals surface area contributed by atoms with Crippen molar-refractivity contribution in [3.8, 4) is 0 Å². The lowest BCUT2D eigenvalue weighted by atomic mass is 9.92. The van der Waals surface area contributed by atoms with Gasteiger partial charge in [0.1, 0.15) is 5.84 Å². The third-order valence-electron chi connectivity index (χ3n) is 6.23. The number of aromatic nitrogens is 1. The van der Waals surface area contributed by atoms with Crippen LogP contribution in [0.4, 0.5) is 11.4 Å². The fraction of sp³-hybridized carbons (Fsp3) is 0.0690. The number of aryl methyl sites for hydroxylation is 1. The smallest absolute Gasteiger partial charge is 0.141 e. The van der Waals surface area contributed by atoms with E-state index in [0.717, 1.165) is 22.8 Å². The maximum atomic E-state index is 5.17. The standard InChI is InChI=1S/C29H23N3/c1-31-20-25(23-16-9-11-19-27(23)31)28-24-17-8-10-18-26(24)30-29(21-12-4-2-5-13-21)32(28)22-14-6-3-7-15-22/h2-20,28H,1H3. The van der Waals surface area contributed by atoms with Crippen molar-refractivity contribution in [2.24, 2.45) is 12.0 Å². The number of fused-ring (bicyclic) bond motifs is 2. The van der Waals surface area contributed by atoms with E-state index in [2.05, 4.69) is 132 Å². The van der Waals surface area contributed by atoms with Crippen LogP contribution in [-0.4, -0.2) is 10.4 Å². The second kappa shape index (κ2) is 7.54. The van der Waals surface area contributed by atoms with Crippen molar-refractivity contribution in [2.75, 3.05) is 4.90 Å². The van der Waals surface area contributed by atoms with Gasteiger partial charge in [0.05, 0.1) is 11.7 Å². The van der Waals surface area contributed by atoms with E-state index in [1.54, 1.807) is 0 Å². The molecule has 0 N–H and O–H groups in total. The lowest BCUT2D eigenvalue weighted by Crippen LogP contribution is -2.38. The minimum Gasteiger partial charge on any atom is -0.350 e. The van der Waals surface area contributed by atoms with Crippen LogP contribution in [0.5, 0.6) is 0 Å². The second-order valence-corrected chi connectivity index (χ2v) is 8.18. The molecule has 0 spiro atoms. The fourth-order valence-electron chi connectivity index (χ4n) is 4.80. The van der Waals surface area contributed by atoms with Gasteiger partial charge in [-0.3, -0.25) is 0 Å². The van der Waals surface area contributed by atoms with E-state index >= 15 is 0 Å². The number of nitrogens with zero attached hydrogens (tertiary/aromatic N) is 3. The minimum absolute atomic E-state index is 0.00686. The Morgan fingerprint density at radius 3 is 2.12 bits per heavy atom. The van der Waals surface area contributed by atoms with E-state index in [1.807, 2.05) is 0 Å². The van der Waals surface area contributed by atoms with Crippen LogP contribution in [0.3, 0.4) is 0 Å². The Bertz CT molecular complexity index is 1430. The van der Waals surface area contributed by atoms with Crippen LogP contribution in [0, 0.1) is 0 Å². The minimum atomic E-state index is 0.00686. The molecule has 0 fully saturated rings. The predicted molar refractivity (Wildman–Crippen MR) is 133 cm³/mol. The van der Waals surface area contributed by atoms with Crippen LogP contribution >= 0.6 is 0 Å². The number of hydrogen-bond acceptors (Lipinski definition) is 2. The average molecular weight is 414 g/mol. The molecule has 1 atom stereocenters. The topological polar surface area (TPSA) is 20.5 Å². The van der Waals surface area contributed by atoms with E-state index < -0.39 is 0 Å². The van der Waals surface area contributed by atoms with E-state index in [0.29, 0.717) is 0 Å². The monoisotopic (exact) mass is 413 g/mol. The Hall–Kier alpha value is -4.11. The normalized spacial score (nSPS) is 15.5. The van der Waals surface area contributed by atoms with Crippen LogP contribution in [0.15, 0.2) is 120 Å². The highest BCUT2D eigenvalue weighted by Gasteiger charge is 2.34. The second-order valence-electron chi connectivity index (χ2n) is 8.18. The molecule has 1 unspecified atom stereocenters. The van der Waals surface area contributed by atoms with Crippen LogP contribution in [0.25, 0.3) is 10.9 Å². The molecule has 0 aliphatic carbocycles. The summed E-state index contributed by atoms with van der Waals surface area (Å²) < 4.78 is 2.23. The largest absolute Gasteiger partial charge is 0.350 e. The van der Waals surface area contributed by atoms with E-state index in [9.17, 15) is 0 Å². The zero-order chi connectivity index (χ0) is 21.5. The maximum Gasteiger partial charge on any atom is 0.141 e. The molecule has 1 aliphatic rings. The Labute approximate surface area is 187 Å². The van der Waals surface area contributed by atoms with Crippen LogP contribution in [-0.2, 0) is 7.05 Å². The highest BCUT2D eigenvalue weighted by molar-refractivity contribution is 6.13. The summed E-state index contributed by atoms with van der Waals surface area (Å²) in [7, 11) is 2.12. The first-order valence-electron chi connectivity index (χ1n) is 10.9. The summed E-state index contributed by atoms with van der Waals surface area (Å²) >= 11 is 0. The molecule has 4 aromatic carbocycles. The molecule has 3 heteroatoms. The van der Waals surface area contributed by atoms with Gasteiger partial charge in [-0.2, -0.15) is 0 Å². The molecular formula is C29H23N3. The van der Waals surface area contributed by atoms with Crippen molar-refractivity contribution in [3.05, 3.63) is 132 Å². The Morgan fingerprint density at radius 1 is 0.656 bits per heavy atom. The number of para-hydroxylation sites is 3. The van der Waals surface area contributed by atoms with Crippen LogP contribution in [0.1, 0.15) is 22.7 Å². The number of rotatable bonds is 3.